The molecule has 16 heavy (non-hydrogen) atoms. The largest absolute Gasteiger partial charge is 0.337 e. The molecule has 0 spiro atoms. The molecule has 1 heterocycles. The highest BCUT2D eigenvalue weighted by Gasteiger charge is 2.22. The van der Waals surface area contributed by atoms with Crippen LogP contribution >= 0.6 is 11.3 Å². The van der Waals surface area contributed by atoms with Crippen LogP contribution in [-0.2, 0) is 4.79 Å². The number of thiophene rings is 1. The van der Waals surface area contributed by atoms with Crippen LogP contribution in [0.5, 0.6) is 0 Å². The molecular formula is C12H20N2OS. The Balaban J connectivity index is 2.74. The van der Waals surface area contributed by atoms with E-state index in [0.717, 1.165) is 0 Å². The molecule has 4 heteroatoms. The van der Waals surface area contributed by atoms with Gasteiger partial charge in [0.2, 0.25) is 5.91 Å². The van der Waals surface area contributed by atoms with Crippen molar-refractivity contribution in [3.05, 3.63) is 21.9 Å². The second-order valence-corrected chi connectivity index (χ2v) is 5.40. The maximum atomic E-state index is 12.0. The summed E-state index contributed by atoms with van der Waals surface area (Å²) in [7, 11) is 3.66. The third-order valence-electron chi connectivity index (χ3n) is 2.90. The summed E-state index contributed by atoms with van der Waals surface area (Å²) in [6.07, 6.45) is 0. The number of rotatable bonds is 4. The van der Waals surface area contributed by atoms with Gasteiger partial charge >= 0.3 is 0 Å². The average molecular weight is 240 g/mol. The highest BCUT2D eigenvalue weighted by atomic mass is 32.1. The summed E-state index contributed by atoms with van der Waals surface area (Å²) in [6, 6.07) is 4.20. The van der Waals surface area contributed by atoms with Crippen LogP contribution < -0.4 is 5.32 Å². The Hall–Kier alpha value is -0.870. The van der Waals surface area contributed by atoms with E-state index in [1.54, 1.807) is 23.3 Å². The molecular weight excluding hydrogens is 220 g/mol. The first kappa shape index (κ1) is 13.2. The van der Waals surface area contributed by atoms with Crippen molar-refractivity contribution in [2.75, 3.05) is 14.1 Å². The molecule has 1 aromatic heterocycles. The third kappa shape index (κ3) is 2.83. The number of aryl methyl sites for hydroxylation is 1. The van der Waals surface area contributed by atoms with Gasteiger partial charge in [-0.1, -0.05) is 0 Å². The number of hydrogen-bond donors (Lipinski definition) is 1. The van der Waals surface area contributed by atoms with Gasteiger partial charge in [-0.05, 0) is 40.0 Å². The van der Waals surface area contributed by atoms with Gasteiger partial charge < -0.3 is 10.2 Å². The van der Waals surface area contributed by atoms with Crippen molar-refractivity contribution in [2.45, 2.75) is 32.9 Å². The fraction of sp³-hybridized carbons (Fsp3) is 0.583. The van der Waals surface area contributed by atoms with E-state index in [2.05, 4.69) is 31.3 Å². The number of likely N-dealkylation sites (N-methyl/N-ethyl adjacent to an activating group) is 2. The Labute approximate surface area is 101 Å². The molecule has 2 unspecified atom stereocenters. The van der Waals surface area contributed by atoms with E-state index in [1.807, 2.05) is 14.0 Å². The summed E-state index contributed by atoms with van der Waals surface area (Å²) in [6.45, 7) is 6.02. The van der Waals surface area contributed by atoms with Crippen molar-refractivity contribution in [2.24, 2.45) is 0 Å². The quantitative estimate of drug-likeness (QED) is 0.875. The highest BCUT2D eigenvalue weighted by molar-refractivity contribution is 7.12. The van der Waals surface area contributed by atoms with Gasteiger partial charge in [0.1, 0.15) is 0 Å². The molecule has 0 aliphatic rings. The molecule has 0 saturated heterocycles. The molecule has 1 amide bonds. The summed E-state index contributed by atoms with van der Waals surface area (Å²) in [4.78, 5) is 16.3. The lowest BCUT2D eigenvalue weighted by molar-refractivity contribution is -0.133. The second-order valence-electron chi connectivity index (χ2n) is 4.08. The molecule has 1 rings (SSSR count). The van der Waals surface area contributed by atoms with Crippen LogP contribution in [0.2, 0.25) is 0 Å². The van der Waals surface area contributed by atoms with Gasteiger partial charge in [0, 0.05) is 16.8 Å². The standard InChI is InChI=1S/C12H20N2OS/c1-8-6-7-11(16-8)10(3)14(5)12(15)9(2)13-4/h6-7,9-10,13H,1-5H3. The first-order valence-electron chi connectivity index (χ1n) is 5.47. The second kappa shape index (κ2) is 5.46. The SMILES string of the molecule is CNC(C)C(=O)N(C)C(C)c1ccc(C)s1. The Morgan fingerprint density at radius 2 is 2.06 bits per heavy atom. The zero-order valence-electron chi connectivity index (χ0n) is 10.6. The Kier molecular flexibility index (Phi) is 4.50. The molecule has 2 atom stereocenters. The molecule has 1 N–H and O–H groups in total. The summed E-state index contributed by atoms with van der Waals surface area (Å²) >= 11 is 1.75. The van der Waals surface area contributed by atoms with Crippen molar-refractivity contribution in [1.29, 1.82) is 0 Å². The zero-order valence-corrected chi connectivity index (χ0v) is 11.4. The number of nitrogens with one attached hydrogen (secondary N) is 1. The normalized spacial score (nSPS) is 14.6. The molecule has 0 bridgehead atoms. The molecule has 0 radical (unpaired) electrons. The van der Waals surface area contributed by atoms with Gasteiger partial charge in [0.05, 0.1) is 12.1 Å². The van der Waals surface area contributed by atoms with Crippen molar-refractivity contribution in [1.82, 2.24) is 10.2 Å². The molecule has 90 valence electrons. The number of hydrogen-bond acceptors (Lipinski definition) is 3. The van der Waals surface area contributed by atoms with E-state index in [1.165, 1.54) is 9.75 Å². The minimum absolute atomic E-state index is 0.126. The van der Waals surface area contributed by atoms with E-state index in [0.29, 0.717) is 0 Å². The first-order chi connectivity index (χ1) is 7.47. The first-order valence-corrected chi connectivity index (χ1v) is 6.29. The summed E-state index contributed by atoms with van der Waals surface area (Å²) in [5, 5.41) is 2.97. The molecule has 0 fully saturated rings. The zero-order chi connectivity index (χ0) is 12.3. The van der Waals surface area contributed by atoms with E-state index >= 15 is 0 Å². The van der Waals surface area contributed by atoms with Gasteiger partial charge in [-0.25, -0.2) is 0 Å². The lowest BCUT2D eigenvalue weighted by atomic mass is 10.2. The van der Waals surface area contributed by atoms with Gasteiger partial charge in [0.25, 0.3) is 0 Å². The van der Waals surface area contributed by atoms with E-state index in [9.17, 15) is 4.79 Å². The van der Waals surface area contributed by atoms with E-state index in [4.69, 9.17) is 0 Å². The van der Waals surface area contributed by atoms with E-state index in [-0.39, 0.29) is 18.0 Å². The molecule has 3 nitrogen and oxygen atoms in total. The van der Waals surface area contributed by atoms with E-state index < -0.39 is 0 Å². The van der Waals surface area contributed by atoms with Crippen molar-refractivity contribution >= 4 is 17.2 Å². The van der Waals surface area contributed by atoms with Gasteiger partial charge in [-0.3, -0.25) is 4.79 Å². The molecule has 0 aromatic carbocycles. The van der Waals surface area contributed by atoms with Crippen LogP contribution in [0.4, 0.5) is 0 Å². The third-order valence-corrected chi connectivity index (χ3v) is 4.08. The summed E-state index contributed by atoms with van der Waals surface area (Å²) in [5.41, 5.74) is 0. The van der Waals surface area contributed by atoms with Crippen molar-refractivity contribution in [3.8, 4) is 0 Å². The predicted octanol–water partition coefficient (Wildman–Crippen LogP) is 2.18. The van der Waals surface area contributed by atoms with Gasteiger partial charge in [-0.15, -0.1) is 11.3 Å². The van der Waals surface area contributed by atoms with Crippen LogP contribution in [0.1, 0.15) is 29.6 Å². The van der Waals surface area contributed by atoms with Crippen molar-refractivity contribution in [3.63, 3.8) is 0 Å². The van der Waals surface area contributed by atoms with Crippen LogP contribution in [0.25, 0.3) is 0 Å². The fourth-order valence-corrected chi connectivity index (χ4v) is 2.46. The van der Waals surface area contributed by atoms with Crippen LogP contribution in [0, 0.1) is 6.92 Å². The smallest absolute Gasteiger partial charge is 0.239 e. The Morgan fingerprint density at radius 1 is 1.44 bits per heavy atom. The molecule has 1 aromatic rings. The molecule has 0 saturated carbocycles. The minimum Gasteiger partial charge on any atom is -0.337 e. The maximum Gasteiger partial charge on any atom is 0.239 e. The van der Waals surface area contributed by atoms with Crippen LogP contribution in [0.3, 0.4) is 0 Å². The highest BCUT2D eigenvalue weighted by Crippen LogP contribution is 2.26. The maximum absolute atomic E-state index is 12.0. The lowest BCUT2D eigenvalue weighted by Crippen LogP contribution is -2.42. The predicted molar refractivity (Wildman–Crippen MR) is 68.8 cm³/mol. The van der Waals surface area contributed by atoms with Crippen molar-refractivity contribution < 1.29 is 4.79 Å². The lowest BCUT2D eigenvalue weighted by Gasteiger charge is -2.26. The van der Waals surface area contributed by atoms with Gasteiger partial charge in [-0.2, -0.15) is 0 Å². The average Bonchev–Trinajstić information content (AvgIpc) is 2.71. The van der Waals surface area contributed by atoms with Gasteiger partial charge in [0.15, 0.2) is 0 Å². The number of carbonyl (C=O) groups is 1. The monoisotopic (exact) mass is 240 g/mol. The summed E-state index contributed by atoms with van der Waals surface area (Å²) in [5.74, 6) is 0.126. The topological polar surface area (TPSA) is 32.3 Å². The number of amides is 1. The van der Waals surface area contributed by atoms with Crippen LogP contribution in [0.15, 0.2) is 12.1 Å². The fourth-order valence-electron chi connectivity index (χ4n) is 1.49. The number of carbonyl (C=O) groups excluding carboxylic acids is 1. The Morgan fingerprint density at radius 3 is 2.50 bits per heavy atom. The number of nitrogens with zero attached hydrogens (tertiary/aromatic N) is 1. The Bertz CT molecular complexity index is 362. The minimum atomic E-state index is -0.131. The van der Waals surface area contributed by atoms with Crippen LogP contribution in [-0.4, -0.2) is 30.9 Å². The molecule has 0 aliphatic heterocycles. The molecule has 0 aliphatic carbocycles. The summed E-state index contributed by atoms with van der Waals surface area (Å²) < 4.78 is 0.